The van der Waals surface area contributed by atoms with E-state index in [1.54, 1.807) is 29.2 Å². The van der Waals surface area contributed by atoms with Gasteiger partial charge in [0.05, 0.1) is 10.8 Å². The highest BCUT2D eigenvalue weighted by atomic mass is 16.2. The van der Waals surface area contributed by atoms with Crippen LogP contribution in [0.4, 0.5) is 0 Å². The minimum Gasteiger partial charge on any atom is -0.339 e. The van der Waals surface area contributed by atoms with Gasteiger partial charge in [0.1, 0.15) is 6.54 Å². The molecule has 4 aromatic rings. The molecule has 0 radical (unpaired) electrons. The Morgan fingerprint density at radius 2 is 1.44 bits per heavy atom. The maximum absolute atomic E-state index is 12.8. The summed E-state index contributed by atoms with van der Waals surface area (Å²) < 4.78 is 1.12. The van der Waals surface area contributed by atoms with E-state index >= 15 is 0 Å². The molecule has 162 valence electrons. The summed E-state index contributed by atoms with van der Waals surface area (Å²) in [6.07, 6.45) is 0. The molecule has 32 heavy (non-hydrogen) atoms. The molecule has 0 saturated carbocycles. The molecule has 3 aromatic carbocycles. The van der Waals surface area contributed by atoms with Crippen molar-refractivity contribution in [1.82, 2.24) is 19.6 Å². The second-order valence-corrected chi connectivity index (χ2v) is 8.17. The smallest absolute Gasteiger partial charge is 0.273 e. The van der Waals surface area contributed by atoms with E-state index in [4.69, 9.17) is 0 Å². The molecule has 1 saturated heterocycles. The Kier molecular flexibility index (Phi) is 5.33. The van der Waals surface area contributed by atoms with Gasteiger partial charge in [-0.25, -0.2) is 4.68 Å². The van der Waals surface area contributed by atoms with Gasteiger partial charge < -0.3 is 4.90 Å². The number of carbonyl (C=O) groups is 1. The molecule has 7 heteroatoms. The number of nitrogens with one attached hydrogen (secondary N) is 1. The van der Waals surface area contributed by atoms with Gasteiger partial charge in [-0.2, -0.15) is 0 Å². The van der Waals surface area contributed by atoms with Crippen LogP contribution in [0, 0.1) is 0 Å². The zero-order valence-electron chi connectivity index (χ0n) is 17.7. The third-order valence-corrected chi connectivity index (χ3v) is 6.18. The second kappa shape index (κ2) is 8.43. The highest BCUT2D eigenvalue weighted by Gasteiger charge is 2.22. The van der Waals surface area contributed by atoms with Gasteiger partial charge in [0, 0.05) is 32.7 Å². The Morgan fingerprint density at radius 1 is 0.781 bits per heavy atom. The summed E-state index contributed by atoms with van der Waals surface area (Å²) >= 11 is 0. The maximum atomic E-state index is 12.8. The molecule has 7 nitrogen and oxygen atoms in total. The fourth-order valence-electron chi connectivity index (χ4n) is 4.42. The van der Waals surface area contributed by atoms with Gasteiger partial charge in [-0.15, -0.1) is 0 Å². The van der Waals surface area contributed by atoms with Crippen LogP contribution >= 0.6 is 0 Å². The van der Waals surface area contributed by atoms with Crippen LogP contribution in [0.3, 0.4) is 0 Å². The van der Waals surface area contributed by atoms with Crippen molar-refractivity contribution in [3.63, 3.8) is 0 Å². The molecule has 1 aliphatic rings. The highest BCUT2D eigenvalue weighted by Crippen LogP contribution is 2.20. The van der Waals surface area contributed by atoms with Crippen molar-refractivity contribution in [2.75, 3.05) is 26.2 Å². The van der Waals surface area contributed by atoms with Gasteiger partial charge in [0.2, 0.25) is 5.91 Å². The van der Waals surface area contributed by atoms with Crippen molar-refractivity contribution in [2.24, 2.45) is 0 Å². The van der Waals surface area contributed by atoms with Crippen LogP contribution in [0.1, 0.15) is 5.56 Å². The number of nitrogens with zero attached hydrogens (tertiary/aromatic N) is 3. The molecule has 0 bridgehead atoms. The molecule has 1 N–H and O–H groups in total. The number of hydrogen-bond donors (Lipinski definition) is 1. The number of rotatable bonds is 4. The molecule has 2 heterocycles. The van der Waals surface area contributed by atoms with Crippen molar-refractivity contribution in [1.29, 1.82) is 0 Å². The minimum absolute atomic E-state index is 0.164. The average Bonchev–Trinajstić information content (AvgIpc) is 2.83. The quantitative estimate of drug-likeness (QED) is 0.541. The lowest BCUT2D eigenvalue weighted by atomic mass is 10.0. The van der Waals surface area contributed by atoms with Gasteiger partial charge in [0.25, 0.3) is 11.1 Å². The van der Waals surface area contributed by atoms with E-state index < -0.39 is 0 Å². The van der Waals surface area contributed by atoms with Crippen molar-refractivity contribution >= 4 is 27.5 Å². The predicted molar refractivity (Wildman–Crippen MR) is 125 cm³/mol. The fraction of sp³-hybridized carbons (Fsp3) is 0.240. The van der Waals surface area contributed by atoms with Crippen LogP contribution in [0.5, 0.6) is 0 Å². The first-order valence-electron chi connectivity index (χ1n) is 10.8. The molecule has 1 fully saturated rings. The zero-order chi connectivity index (χ0) is 22.1. The van der Waals surface area contributed by atoms with E-state index in [1.165, 1.54) is 16.3 Å². The molecular formula is C25H24N4O3. The summed E-state index contributed by atoms with van der Waals surface area (Å²) in [6, 6.07) is 21.4. The van der Waals surface area contributed by atoms with Crippen molar-refractivity contribution in [2.45, 2.75) is 13.1 Å². The van der Waals surface area contributed by atoms with Crippen LogP contribution < -0.4 is 11.1 Å². The van der Waals surface area contributed by atoms with Crippen LogP contribution in [-0.2, 0) is 17.9 Å². The van der Waals surface area contributed by atoms with Crippen LogP contribution in [-0.4, -0.2) is 51.7 Å². The van der Waals surface area contributed by atoms with Crippen molar-refractivity contribution < 1.29 is 4.79 Å². The van der Waals surface area contributed by atoms with Crippen LogP contribution in [0.25, 0.3) is 21.5 Å². The summed E-state index contributed by atoms with van der Waals surface area (Å²) in [5, 5.41) is 5.68. The molecule has 1 aromatic heterocycles. The Bertz CT molecular complexity index is 1410. The lowest BCUT2D eigenvalue weighted by Gasteiger charge is -2.35. The number of carbonyl (C=O) groups excluding carboxylic acids is 1. The average molecular weight is 428 g/mol. The summed E-state index contributed by atoms with van der Waals surface area (Å²) in [4.78, 5) is 41.9. The first-order valence-corrected chi connectivity index (χ1v) is 10.8. The number of fused-ring (bicyclic) bond motifs is 2. The Labute approximate surface area is 184 Å². The van der Waals surface area contributed by atoms with E-state index in [9.17, 15) is 14.4 Å². The van der Waals surface area contributed by atoms with E-state index in [2.05, 4.69) is 46.4 Å². The maximum Gasteiger partial charge on any atom is 0.273 e. The first-order chi connectivity index (χ1) is 15.6. The number of H-pyrrole nitrogens is 1. The topological polar surface area (TPSA) is 78.4 Å². The lowest BCUT2D eigenvalue weighted by Crippen LogP contribution is -2.50. The number of benzene rings is 3. The summed E-state index contributed by atoms with van der Waals surface area (Å²) in [7, 11) is 0. The Morgan fingerprint density at radius 3 is 2.22 bits per heavy atom. The molecular weight excluding hydrogens is 404 g/mol. The second-order valence-electron chi connectivity index (χ2n) is 8.17. The number of amides is 1. The molecule has 0 spiro atoms. The minimum atomic E-state index is -0.368. The summed E-state index contributed by atoms with van der Waals surface area (Å²) in [5.74, 6) is -0.164. The van der Waals surface area contributed by atoms with Crippen molar-refractivity contribution in [3.05, 3.63) is 93.0 Å². The van der Waals surface area contributed by atoms with Gasteiger partial charge in [0.15, 0.2) is 0 Å². The monoisotopic (exact) mass is 428 g/mol. The summed E-state index contributed by atoms with van der Waals surface area (Å²) in [5.41, 5.74) is 0.555. The van der Waals surface area contributed by atoms with Gasteiger partial charge in [-0.05, 0) is 28.5 Å². The Balaban J connectivity index is 1.25. The SMILES string of the molecule is O=C(Cn1[nH]c(=O)c2ccccc2c1=O)N1CCN(Cc2cccc3ccccc23)CC1. The third-order valence-electron chi connectivity index (χ3n) is 6.18. The van der Waals surface area contributed by atoms with Gasteiger partial charge in [-0.1, -0.05) is 54.6 Å². The molecule has 1 amide bonds. The Hall–Kier alpha value is -3.71. The molecule has 1 aliphatic heterocycles. The van der Waals surface area contributed by atoms with Crippen LogP contribution in [0.15, 0.2) is 76.3 Å². The zero-order valence-corrected chi connectivity index (χ0v) is 17.7. The number of aromatic nitrogens is 2. The number of piperazine rings is 1. The number of aromatic amines is 1. The lowest BCUT2D eigenvalue weighted by molar-refractivity contribution is -0.133. The molecule has 5 rings (SSSR count). The largest absolute Gasteiger partial charge is 0.339 e. The summed E-state index contributed by atoms with van der Waals surface area (Å²) in [6.45, 7) is 3.38. The first kappa shape index (κ1) is 20.2. The molecule has 0 aliphatic carbocycles. The fourth-order valence-corrected chi connectivity index (χ4v) is 4.42. The standard InChI is InChI=1S/C25H24N4O3/c30-23(17-29-25(32)22-11-4-3-10-21(22)24(31)26-29)28-14-12-27(13-15-28)16-19-8-5-7-18-6-1-2-9-20(18)19/h1-11H,12-17H2,(H,26,31). The van der Waals surface area contributed by atoms with E-state index in [0.717, 1.165) is 24.3 Å². The number of hydrogen-bond acceptors (Lipinski definition) is 4. The van der Waals surface area contributed by atoms with Crippen LogP contribution in [0.2, 0.25) is 0 Å². The van der Waals surface area contributed by atoms with E-state index in [1.807, 2.05) is 6.07 Å². The van der Waals surface area contributed by atoms with Gasteiger partial charge >= 0.3 is 0 Å². The highest BCUT2D eigenvalue weighted by molar-refractivity contribution is 5.85. The van der Waals surface area contributed by atoms with Gasteiger partial charge in [-0.3, -0.25) is 24.4 Å². The van der Waals surface area contributed by atoms with Crippen molar-refractivity contribution in [3.8, 4) is 0 Å². The van der Waals surface area contributed by atoms with E-state index in [-0.39, 0.29) is 23.6 Å². The van der Waals surface area contributed by atoms with E-state index in [0.29, 0.717) is 23.9 Å². The molecule has 0 atom stereocenters. The molecule has 0 unspecified atom stereocenters. The predicted octanol–water partition coefficient (Wildman–Crippen LogP) is 2.19. The third kappa shape index (κ3) is 3.83. The normalized spacial score (nSPS) is 14.8.